The summed E-state index contributed by atoms with van der Waals surface area (Å²) in [7, 11) is 0. The molecule has 102 valence electrons. The average Bonchev–Trinajstić information content (AvgIpc) is 2.45. The molecule has 1 aromatic rings. The van der Waals surface area contributed by atoms with Crippen molar-refractivity contribution in [1.82, 2.24) is 4.98 Å². The van der Waals surface area contributed by atoms with Crippen LogP contribution < -0.4 is 5.32 Å². The summed E-state index contributed by atoms with van der Waals surface area (Å²) < 4.78 is 0. The number of anilines is 1. The standard InChI is InChI=1S/C15H21N3O/c1-11-6-7-12(8-16)15(18-11)17-9-13-4-2-3-5-14(13)10-19/h6-7,13-14,19H,2-5,9-10H2,1H3,(H,17,18). The fraction of sp³-hybridized carbons (Fsp3) is 0.600. The van der Waals surface area contributed by atoms with E-state index in [-0.39, 0.29) is 6.61 Å². The zero-order valence-electron chi connectivity index (χ0n) is 11.4. The highest BCUT2D eigenvalue weighted by atomic mass is 16.3. The van der Waals surface area contributed by atoms with Gasteiger partial charge in [-0.25, -0.2) is 4.98 Å². The van der Waals surface area contributed by atoms with Gasteiger partial charge in [0.05, 0.1) is 5.56 Å². The number of hydrogen-bond donors (Lipinski definition) is 2. The number of hydrogen-bond acceptors (Lipinski definition) is 4. The Kier molecular flexibility index (Phi) is 4.75. The normalized spacial score (nSPS) is 22.8. The molecule has 1 saturated carbocycles. The van der Waals surface area contributed by atoms with Crippen molar-refractivity contribution in [2.75, 3.05) is 18.5 Å². The van der Waals surface area contributed by atoms with Gasteiger partial charge < -0.3 is 10.4 Å². The molecule has 0 spiro atoms. The quantitative estimate of drug-likeness (QED) is 0.871. The molecule has 1 aromatic heterocycles. The third kappa shape index (κ3) is 3.45. The molecule has 1 heterocycles. The number of aliphatic hydroxyl groups excluding tert-OH is 1. The van der Waals surface area contributed by atoms with Crippen molar-refractivity contribution >= 4 is 5.82 Å². The molecule has 2 rings (SSSR count). The summed E-state index contributed by atoms with van der Waals surface area (Å²) in [5, 5.41) is 21.8. The smallest absolute Gasteiger partial charge is 0.144 e. The maximum absolute atomic E-state index is 9.41. The molecule has 1 fully saturated rings. The van der Waals surface area contributed by atoms with E-state index in [1.54, 1.807) is 6.07 Å². The van der Waals surface area contributed by atoms with Gasteiger partial charge in [0.1, 0.15) is 11.9 Å². The third-order valence-electron chi connectivity index (χ3n) is 3.99. The van der Waals surface area contributed by atoms with Crippen LogP contribution >= 0.6 is 0 Å². The van der Waals surface area contributed by atoms with Crippen molar-refractivity contribution in [2.45, 2.75) is 32.6 Å². The van der Waals surface area contributed by atoms with Crippen LogP contribution in [0, 0.1) is 30.1 Å². The second kappa shape index (κ2) is 6.53. The van der Waals surface area contributed by atoms with Crippen LogP contribution in [-0.4, -0.2) is 23.2 Å². The highest BCUT2D eigenvalue weighted by molar-refractivity contribution is 5.52. The van der Waals surface area contributed by atoms with Gasteiger partial charge >= 0.3 is 0 Å². The second-order valence-electron chi connectivity index (χ2n) is 5.33. The Labute approximate surface area is 114 Å². The van der Waals surface area contributed by atoms with Gasteiger partial charge in [-0.05, 0) is 43.7 Å². The number of aryl methyl sites for hydroxylation is 1. The van der Waals surface area contributed by atoms with Crippen LogP contribution in [0.2, 0.25) is 0 Å². The Hall–Kier alpha value is -1.60. The summed E-state index contributed by atoms with van der Waals surface area (Å²) in [4.78, 5) is 4.38. The molecule has 2 atom stereocenters. The number of aliphatic hydroxyl groups is 1. The van der Waals surface area contributed by atoms with Gasteiger partial charge in [-0.1, -0.05) is 12.8 Å². The molecule has 1 aliphatic carbocycles. The topological polar surface area (TPSA) is 68.9 Å². The van der Waals surface area contributed by atoms with Crippen LogP contribution in [0.15, 0.2) is 12.1 Å². The molecular formula is C15H21N3O. The molecule has 19 heavy (non-hydrogen) atoms. The van der Waals surface area contributed by atoms with Gasteiger partial charge in [0.2, 0.25) is 0 Å². The largest absolute Gasteiger partial charge is 0.396 e. The predicted octanol–water partition coefficient (Wildman–Crippen LogP) is 2.47. The fourth-order valence-electron chi connectivity index (χ4n) is 2.80. The summed E-state index contributed by atoms with van der Waals surface area (Å²) >= 11 is 0. The Morgan fingerprint density at radius 3 is 2.79 bits per heavy atom. The molecule has 4 heteroatoms. The van der Waals surface area contributed by atoms with Crippen molar-refractivity contribution in [3.8, 4) is 6.07 Å². The van der Waals surface area contributed by atoms with Crippen LogP contribution in [0.1, 0.15) is 36.9 Å². The summed E-state index contributed by atoms with van der Waals surface area (Å²) in [6, 6.07) is 5.81. The number of aromatic nitrogens is 1. The van der Waals surface area contributed by atoms with Gasteiger partial charge in [-0.2, -0.15) is 5.26 Å². The average molecular weight is 259 g/mol. The third-order valence-corrected chi connectivity index (χ3v) is 3.99. The molecule has 4 nitrogen and oxygen atoms in total. The maximum Gasteiger partial charge on any atom is 0.144 e. The molecule has 0 aliphatic heterocycles. The first-order valence-corrected chi connectivity index (χ1v) is 6.97. The van der Waals surface area contributed by atoms with E-state index in [0.717, 1.165) is 25.1 Å². The van der Waals surface area contributed by atoms with Crippen LogP contribution in [0.5, 0.6) is 0 Å². The minimum absolute atomic E-state index is 0.263. The SMILES string of the molecule is Cc1ccc(C#N)c(NCC2CCCCC2CO)n1. The summed E-state index contributed by atoms with van der Waals surface area (Å²) in [5.74, 6) is 1.54. The minimum atomic E-state index is 0.263. The van der Waals surface area contributed by atoms with Gasteiger partial charge in [0, 0.05) is 18.8 Å². The van der Waals surface area contributed by atoms with E-state index in [1.165, 1.54) is 12.8 Å². The van der Waals surface area contributed by atoms with E-state index in [4.69, 9.17) is 5.26 Å². The summed E-state index contributed by atoms with van der Waals surface area (Å²) in [6.07, 6.45) is 4.70. The molecule has 0 saturated heterocycles. The van der Waals surface area contributed by atoms with E-state index in [9.17, 15) is 5.11 Å². The lowest BCUT2D eigenvalue weighted by Crippen LogP contribution is -2.29. The van der Waals surface area contributed by atoms with E-state index in [0.29, 0.717) is 23.2 Å². The monoisotopic (exact) mass is 259 g/mol. The van der Waals surface area contributed by atoms with Crippen LogP contribution in [0.4, 0.5) is 5.82 Å². The maximum atomic E-state index is 9.41. The fourth-order valence-corrected chi connectivity index (χ4v) is 2.80. The zero-order chi connectivity index (χ0) is 13.7. The van der Waals surface area contributed by atoms with Crippen molar-refractivity contribution < 1.29 is 5.11 Å². The number of nitrogens with one attached hydrogen (secondary N) is 1. The van der Waals surface area contributed by atoms with Gasteiger partial charge in [0.25, 0.3) is 0 Å². The number of pyridine rings is 1. The zero-order valence-corrected chi connectivity index (χ0v) is 11.4. The number of nitriles is 1. The van der Waals surface area contributed by atoms with E-state index in [2.05, 4.69) is 16.4 Å². The molecule has 2 N–H and O–H groups in total. The van der Waals surface area contributed by atoms with Gasteiger partial charge in [0.15, 0.2) is 0 Å². The Balaban J connectivity index is 2.01. The molecule has 0 aromatic carbocycles. The summed E-state index contributed by atoms with van der Waals surface area (Å²) in [5.41, 5.74) is 1.49. The Morgan fingerprint density at radius 1 is 1.37 bits per heavy atom. The van der Waals surface area contributed by atoms with Crippen molar-refractivity contribution in [1.29, 1.82) is 5.26 Å². The van der Waals surface area contributed by atoms with Crippen molar-refractivity contribution in [3.05, 3.63) is 23.4 Å². The van der Waals surface area contributed by atoms with E-state index < -0.39 is 0 Å². The molecule has 0 bridgehead atoms. The molecule has 0 amide bonds. The van der Waals surface area contributed by atoms with E-state index in [1.807, 2.05) is 13.0 Å². The highest BCUT2D eigenvalue weighted by Gasteiger charge is 2.24. The lowest BCUT2D eigenvalue weighted by Gasteiger charge is -2.30. The number of nitrogens with zero attached hydrogens (tertiary/aromatic N) is 2. The van der Waals surface area contributed by atoms with Crippen molar-refractivity contribution in [2.24, 2.45) is 11.8 Å². The Morgan fingerprint density at radius 2 is 2.11 bits per heavy atom. The first kappa shape index (κ1) is 13.8. The first-order chi connectivity index (χ1) is 9.24. The van der Waals surface area contributed by atoms with Crippen LogP contribution in [-0.2, 0) is 0 Å². The highest BCUT2D eigenvalue weighted by Crippen LogP contribution is 2.30. The predicted molar refractivity (Wildman–Crippen MR) is 74.7 cm³/mol. The van der Waals surface area contributed by atoms with Gasteiger partial charge in [-0.3, -0.25) is 0 Å². The molecule has 0 radical (unpaired) electrons. The van der Waals surface area contributed by atoms with Gasteiger partial charge in [-0.15, -0.1) is 0 Å². The summed E-state index contributed by atoms with van der Waals surface area (Å²) in [6.45, 7) is 2.97. The number of rotatable bonds is 4. The molecule has 1 aliphatic rings. The molecule has 2 unspecified atom stereocenters. The second-order valence-corrected chi connectivity index (χ2v) is 5.33. The van der Waals surface area contributed by atoms with Crippen LogP contribution in [0.3, 0.4) is 0 Å². The van der Waals surface area contributed by atoms with E-state index >= 15 is 0 Å². The Bertz CT molecular complexity index is 467. The molecular weight excluding hydrogens is 238 g/mol. The van der Waals surface area contributed by atoms with Crippen LogP contribution in [0.25, 0.3) is 0 Å². The minimum Gasteiger partial charge on any atom is -0.396 e. The van der Waals surface area contributed by atoms with Crippen molar-refractivity contribution in [3.63, 3.8) is 0 Å². The first-order valence-electron chi connectivity index (χ1n) is 6.97. The lowest BCUT2D eigenvalue weighted by atomic mass is 9.79. The lowest BCUT2D eigenvalue weighted by molar-refractivity contribution is 0.141.